The fraction of sp³-hybridized carbons (Fsp3) is 0.706. The fourth-order valence-corrected chi connectivity index (χ4v) is 3.79. The third kappa shape index (κ3) is 3.52. The Balaban J connectivity index is 1.67. The summed E-state index contributed by atoms with van der Waals surface area (Å²) in [4.78, 5) is 15.4. The van der Waals surface area contributed by atoms with Crippen molar-refractivity contribution in [2.75, 3.05) is 25.4 Å². The predicted octanol–water partition coefficient (Wildman–Crippen LogP) is 1.81. The summed E-state index contributed by atoms with van der Waals surface area (Å²) < 4.78 is 2.19. The smallest absolute Gasteiger partial charge is 0.165 e. The lowest BCUT2D eigenvalue weighted by molar-refractivity contribution is 0.185. The van der Waals surface area contributed by atoms with E-state index in [-0.39, 0.29) is 0 Å². The van der Waals surface area contributed by atoms with Gasteiger partial charge in [-0.25, -0.2) is 15.0 Å². The second-order valence-electron chi connectivity index (χ2n) is 7.15. The fourth-order valence-electron chi connectivity index (χ4n) is 3.79. The molecular formula is C17H29N7. The van der Waals surface area contributed by atoms with Crippen LogP contribution in [0.2, 0.25) is 0 Å². The molecule has 0 saturated heterocycles. The Bertz CT molecular complexity index is 666. The molecule has 2 heterocycles. The number of nitrogens with zero attached hydrogens (tertiary/aromatic N) is 5. The Labute approximate surface area is 143 Å². The van der Waals surface area contributed by atoms with E-state index in [0.29, 0.717) is 29.3 Å². The van der Waals surface area contributed by atoms with Crippen molar-refractivity contribution in [1.82, 2.24) is 24.4 Å². The SMILES string of the molecule is CC(C)N(CCCN)CC1CCC(n2cnc3c(N)ncnc32)C1. The topological polar surface area (TPSA) is 98.9 Å². The molecule has 0 spiro atoms. The van der Waals surface area contributed by atoms with Crippen molar-refractivity contribution in [2.24, 2.45) is 11.7 Å². The van der Waals surface area contributed by atoms with Gasteiger partial charge in [-0.2, -0.15) is 0 Å². The minimum atomic E-state index is 0.456. The highest BCUT2D eigenvalue weighted by molar-refractivity contribution is 5.81. The summed E-state index contributed by atoms with van der Waals surface area (Å²) in [6.45, 7) is 7.54. The van der Waals surface area contributed by atoms with Gasteiger partial charge < -0.3 is 20.9 Å². The number of rotatable bonds is 7. The van der Waals surface area contributed by atoms with Gasteiger partial charge in [-0.15, -0.1) is 0 Å². The van der Waals surface area contributed by atoms with Crippen LogP contribution in [-0.2, 0) is 0 Å². The monoisotopic (exact) mass is 331 g/mol. The number of anilines is 1. The average Bonchev–Trinajstić information content (AvgIpc) is 3.18. The van der Waals surface area contributed by atoms with Gasteiger partial charge in [-0.3, -0.25) is 0 Å². The van der Waals surface area contributed by atoms with Crippen LogP contribution in [0.4, 0.5) is 5.82 Å². The van der Waals surface area contributed by atoms with E-state index >= 15 is 0 Å². The van der Waals surface area contributed by atoms with Gasteiger partial charge in [0.2, 0.25) is 0 Å². The maximum atomic E-state index is 5.90. The second kappa shape index (κ2) is 7.44. The molecule has 0 amide bonds. The maximum Gasteiger partial charge on any atom is 0.165 e. The van der Waals surface area contributed by atoms with Crippen molar-refractivity contribution < 1.29 is 0 Å². The van der Waals surface area contributed by atoms with E-state index in [0.717, 1.165) is 31.7 Å². The molecule has 1 aliphatic rings. The van der Waals surface area contributed by atoms with Gasteiger partial charge >= 0.3 is 0 Å². The molecule has 2 aromatic rings. The summed E-state index contributed by atoms with van der Waals surface area (Å²) in [5.41, 5.74) is 13.1. The molecule has 7 heteroatoms. The maximum absolute atomic E-state index is 5.90. The summed E-state index contributed by atoms with van der Waals surface area (Å²) in [5.74, 6) is 1.17. The van der Waals surface area contributed by atoms with Crippen LogP contribution in [0.3, 0.4) is 0 Å². The van der Waals surface area contributed by atoms with Crippen LogP contribution in [0.15, 0.2) is 12.7 Å². The van der Waals surface area contributed by atoms with Crippen molar-refractivity contribution in [3.63, 3.8) is 0 Å². The molecule has 0 bridgehead atoms. The number of nitrogen functional groups attached to an aromatic ring is 1. The summed E-state index contributed by atoms with van der Waals surface area (Å²) in [7, 11) is 0. The van der Waals surface area contributed by atoms with Crippen LogP contribution in [-0.4, -0.2) is 50.1 Å². The third-order valence-electron chi connectivity index (χ3n) is 5.17. The molecule has 0 aliphatic heterocycles. The predicted molar refractivity (Wildman–Crippen MR) is 96.5 cm³/mol. The van der Waals surface area contributed by atoms with Crippen molar-refractivity contribution in [3.8, 4) is 0 Å². The first kappa shape index (κ1) is 17.1. The normalized spacial score (nSPS) is 21.4. The molecule has 7 nitrogen and oxygen atoms in total. The Morgan fingerprint density at radius 2 is 2.12 bits per heavy atom. The Morgan fingerprint density at radius 3 is 2.88 bits per heavy atom. The van der Waals surface area contributed by atoms with Gasteiger partial charge in [0.25, 0.3) is 0 Å². The van der Waals surface area contributed by atoms with E-state index in [2.05, 4.69) is 38.3 Å². The average molecular weight is 331 g/mol. The van der Waals surface area contributed by atoms with Crippen LogP contribution >= 0.6 is 0 Å². The van der Waals surface area contributed by atoms with E-state index in [1.54, 1.807) is 0 Å². The first-order valence-electron chi connectivity index (χ1n) is 8.97. The first-order chi connectivity index (χ1) is 11.6. The zero-order valence-corrected chi connectivity index (χ0v) is 14.7. The van der Waals surface area contributed by atoms with Crippen LogP contribution < -0.4 is 11.5 Å². The largest absolute Gasteiger partial charge is 0.382 e. The molecule has 24 heavy (non-hydrogen) atoms. The Kier molecular flexibility index (Phi) is 5.30. The van der Waals surface area contributed by atoms with E-state index in [9.17, 15) is 0 Å². The number of aromatic nitrogens is 4. The summed E-state index contributed by atoms with van der Waals surface area (Å²) in [6.07, 6.45) is 8.05. The lowest BCUT2D eigenvalue weighted by atomic mass is 10.1. The summed E-state index contributed by atoms with van der Waals surface area (Å²) in [5, 5.41) is 0. The molecule has 2 atom stereocenters. The highest BCUT2D eigenvalue weighted by Crippen LogP contribution is 2.36. The van der Waals surface area contributed by atoms with E-state index in [1.165, 1.54) is 25.6 Å². The van der Waals surface area contributed by atoms with Gasteiger partial charge in [0.15, 0.2) is 11.5 Å². The lowest BCUT2D eigenvalue weighted by Gasteiger charge is -2.29. The van der Waals surface area contributed by atoms with Gasteiger partial charge in [0.05, 0.1) is 6.33 Å². The van der Waals surface area contributed by atoms with Crippen molar-refractivity contribution in [1.29, 1.82) is 0 Å². The Hall–Kier alpha value is -1.73. The molecule has 132 valence electrons. The minimum absolute atomic E-state index is 0.456. The molecule has 4 N–H and O–H groups in total. The van der Waals surface area contributed by atoms with E-state index < -0.39 is 0 Å². The highest BCUT2D eigenvalue weighted by Gasteiger charge is 2.29. The van der Waals surface area contributed by atoms with Gasteiger partial charge in [0, 0.05) is 18.6 Å². The molecular weight excluding hydrogens is 302 g/mol. The molecule has 3 rings (SSSR count). The summed E-state index contributed by atoms with van der Waals surface area (Å²) in [6, 6.07) is 1.02. The molecule has 1 aliphatic carbocycles. The van der Waals surface area contributed by atoms with Gasteiger partial charge in [-0.1, -0.05) is 0 Å². The molecule has 2 unspecified atom stereocenters. The zero-order chi connectivity index (χ0) is 17.1. The quantitative estimate of drug-likeness (QED) is 0.803. The second-order valence-corrected chi connectivity index (χ2v) is 7.15. The number of nitrogens with two attached hydrogens (primary N) is 2. The standard InChI is InChI=1S/C17H29N7/c1-12(2)23(7-3-6-18)9-13-4-5-14(8-13)24-11-22-15-16(19)20-10-21-17(15)24/h10-14H,3-9,18H2,1-2H3,(H2,19,20,21). The zero-order valence-electron chi connectivity index (χ0n) is 14.7. The van der Waals surface area contributed by atoms with Crippen molar-refractivity contribution in [2.45, 2.75) is 51.6 Å². The van der Waals surface area contributed by atoms with Gasteiger partial charge in [-0.05, 0) is 58.5 Å². The molecule has 0 aromatic carbocycles. The van der Waals surface area contributed by atoms with Crippen LogP contribution in [0.1, 0.15) is 45.6 Å². The third-order valence-corrected chi connectivity index (χ3v) is 5.17. The molecule has 0 radical (unpaired) electrons. The number of hydrogen-bond donors (Lipinski definition) is 2. The summed E-state index contributed by atoms with van der Waals surface area (Å²) >= 11 is 0. The first-order valence-corrected chi connectivity index (χ1v) is 8.97. The Morgan fingerprint density at radius 1 is 1.29 bits per heavy atom. The number of hydrogen-bond acceptors (Lipinski definition) is 6. The molecule has 1 fully saturated rings. The highest BCUT2D eigenvalue weighted by atomic mass is 15.2. The molecule has 1 saturated carbocycles. The van der Waals surface area contributed by atoms with Crippen LogP contribution in [0.5, 0.6) is 0 Å². The molecule has 2 aromatic heterocycles. The van der Waals surface area contributed by atoms with E-state index in [4.69, 9.17) is 11.5 Å². The minimum Gasteiger partial charge on any atom is -0.382 e. The number of fused-ring (bicyclic) bond motifs is 1. The van der Waals surface area contributed by atoms with E-state index in [1.807, 2.05) is 6.33 Å². The van der Waals surface area contributed by atoms with Crippen molar-refractivity contribution in [3.05, 3.63) is 12.7 Å². The van der Waals surface area contributed by atoms with Crippen LogP contribution in [0, 0.1) is 5.92 Å². The number of imidazole rings is 1. The van der Waals surface area contributed by atoms with Crippen molar-refractivity contribution >= 4 is 17.0 Å². The lowest BCUT2D eigenvalue weighted by Crippen LogP contribution is -2.36. The van der Waals surface area contributed by atoms with Crippen LogP contribution in [0.25, 0.3) is 11.2 Å². The van der Waals surface area contributed by atoms with Gasteiger partial charge in [0.1, 0.15) is 11.8 Å².